The summed E-state index contributed by atoms with van der Waals surface area (Å²) in [5, 5.41) is 9.60. The van der Waals surface area contributed by atoms with Crippen molar-refractivity contribution >= 4 is 15.9 Å². The molecule has 0 saturated heterocycles. The minimum absolute atomic E-state index is 0.303. The van der Waals surface area contributed by atoms with Crippen LogP contribution in [0.5, 0.6) is 5.75 Å². The van der Waals surface area contributed by atoms with Gasteiger partial charge in [-0.1, -0.05) is 0 Å². The van der Waals surface area contributed by atoms with E-state index >= 15 is 0 Å². The Bertz CT molecular complexity index is 575. The number of hydrogen-bond acceptors (Lipinski definition) is 3. The maximum absolute atomic E-state index is 13.1. The number of rotatable bonds is 4. The molecule has 3 nitrogen and oxygen atoms in total. The van der Waals surface area contributed by atoms with Crippen LogP contribution in [0.3, 0.4) is 0 Å². The smallest absolute Gasteiger partial charge is 0.125 e. The van der Waals surface area contributed by atoms with Crippen molar-refractivity contribution in [1.82, 2.24) is 4.98 Å². The lowest BCUT2D eigenvalue weighted by Crippen LogP contribution is -2.02. The summed E-state index contributed by atoms with van der Waals surface area (Å²) >= 11 is 3.33. The van der Waals surface area contributed by atoms with Gasteiger partial charge in [0.25, 0.3) is 0 Å². The lowest BCUT2D eigenvalue weighted by atomic mass is 10.1. The first-order valence-corrected chi connectivity index (χ1v) is 6.55. The number of nitrogens with zero attached hydrogens (tertiary/aromatic N) is 1. The van der Waals surface area contributed by atoms with E-state index in [-0.39, 0.29) is 0 Å². The molecule has 1 atom stereocenters. The van der Waals surface area contributed by atoms with Crippen LogP contribution in [0.15, 0.2) is 41.1 Å². The predicted octanol–water partition coefficient (Wildman–Crippen LogP) is 3.62. The molecule has 2 rings (SSSR count). The molecule has 0 radical (unpaired) electrons. The van der Waals surface area contributed by atoms with E-state index in [2.05, 4.69) is 20.9 Å². The van der Waals surface area contributed by atoms with Crippen molar-refractivity contribution in [2.75, 3.05) is 0 Å². The molecule has 1 heterocycles. The average Bonchev–Trinajstić information content (AvgIpc) is 2.37. The molecular weight excluding hydrogens is 313 g/mol. The fourth-order valence-electron chi connectivity index (χ4n) is 1.67. The highest BCUT2D eigenvalue weighted by molar-refractivity contribution is 9.10. The molecule has 1 aromatic carbocycles. The number of aliphatic hydroxyl groups is 1. The zero-order chi connectivity index (χ0) is 13.8. The van der Waals surface area contributed by atoms with Crippen LogP contribution in [-0.4, -0.2) is 10.1 Å². The van der Waals surface area contributed by atoms with E-state index < -0.39 is 11.9 Å². The summed E-state index contributed by atoms with van der Waals surface area (Å²) < 4.78 is 19.6. The summed E-state index contributed by atoms with van der Waals surface area (Å²) in [6.45, 7) is 1.88. The van der Waals surface area contributed by atoms with Gasteiger partial charge < -0.3 is 9.84 Å². The standard InChI is InChI=1S/C14H13BrFNO2/c1-9(18)13-5-12(16)2-3-14(13)19-8-10-4-11(15)7-17-6-10/h2-7,9,18H,8H2,1H3/t9-/m1/s1. The van der Waals surface area contributed by atoms with Crippen molar-refractivity contribution < 1.29 is 14.2 Å². The summed E-state index contributed by atoms with van der Waals surface area (Å²) in [6, 6.07) is 5.99. The van der Waals surface area contributed by atoms with Crippen molar-refractivity contribution in [1.29, 1.82) is 0 Å². The van der Waals surface area contributed by atoms with Gasteiger partial charge in [0.1, 0.15) is 18.2 Å². The zero-order valence-electron chi connectivity index (χ0n) is 10.3. The Kier molecular flexibility index (Phi) is 4.50. The molecule has 1 aromatic heterocycles. The molecule has 2 aromatic rings. The molecule has 0 spiro atoms. The van der Waals surface area contributed by atoms with Gasteiger partial charge in [-0.2, -0.15) is 0 Å². The molecule has 0 saturated carbocycles. The van der Waals surface area contributed by atoms with Crippen LogP contribution in [0.25, 0.3) is 0 Å². The highest BCUT2D eigenvalue weighted by Crippen LogP contribution is 2.26. The lowest BCUT2D eigenvalue weighted by Gasteiger charge is -2.13. The predicted molar refractivity (Wildman–Crippen MR) is 73.3 cm³/mol. The highest BCUT2D eigenvalue weighted by atomic mass is 79.9. The lowest BCUT2D eigenvalue weighted by molar-refractivity contribution is 0.189. The molecule has 5 heteroatoms. The van der Waals surface area contributed by atoms with E-state index in [1.165, 1.54) is 18.2 Å². The molecule has 0 aliphatic heterocycles. The first-order valence-electron chi connectivity index (χ1n) is 5.76. The Hall–Kier alpha value is -1.46. The van der Waals surface area contributed by atoms with Crippen molar-refractivity contribution in [3.63, 3.8) is 0 Å². The van der Waals surface area contributed by atoms with E-state index in [9.17, 15) is 9.50 Å². The molecule has 100 valence electrons. The number of aliphatic hydroxyl groups excluding tert-OH is 1. The molecule has 0 amide bonds. The van der Waals surface area contributed by atoms with E-state index in [0.717, 1.165) is 10.0 Å². The molecule has 0 bridgehead atoms. The normalized spacial score (nSPS) is 12.2. The third-order valence-electron chi connectivity index (χ3n) is 2.58. The fourth-order valence-corrected chi connectivity index (χ4v) is 2.09. The second-order valence-corrected chi connectivity index (χ2v) is 5.07. The summed E-state index contributed by atoms with van der Waals surface area (Å²) in [5.74, 6) is 0.0729. The highest BCUT2D eigenvalue weighted by Gasteiger charge is 2.10. The van der Waals surface area contributed by atoms with Gasteiger partial charge in [-0.3, -0.25) is 4.98 Å². The van der Waals surface area contributed by atoms with Crippen LogP contribution in [0, 0.1) is 5.82 Å². The summed E-state index contributed by atoms with van der Waals surface area (Å²) in [5.41, 5.74) is 1.32. The minimum atomic E-state index is -0.786. The number of halogens is 2. The molecule has 0 aliphatic rings. The van der Waals surface area contributed by atoms with E-state index in [1.807, 2.05) is 6.07 Å². The first kappa shape index (κ1) is 14.0. The Balaban J connectivity index is 2.15. The van der Waals surface area contributed by atoms with Gasteiger partial charge in [-0.15, -0.1) is 0 Å². The quantitative estimate of drug-likeness (QED) is 0.933. The van der Waals surface area contributed by atoms with Crippen LogP contribution >= 0.6 is 15.9 Å². The Morgan fingerprint density at radius 3 is 2.84 bits per heavy atom. The van der Waals surface area contributed by atoms with Gasteiger partial charge >= 0.3 is 0 Å². The number of pyridine rings is 1. The zero-order valence-corrected chi connectivity index (χ0v) is 11.9. The number of hydrogen-bond donors (Lipinski definition) is 1. The van der Waals surface area contributed by atoms with Gasteiger partial charge in [0.05, 0.1) is 6.10 Å². The molecule has 0 unspecified atom stereocenters. The maximum Gasteiger partial charge on any atom is 0.125 e. The van der Waals surface area contributed by atoms with Crippen LogP contribution < -0.4 is 4.74 Å². The van der Waals surface area contributed by atoms with Gasteiger partial charge in [0.2, 0.25) is 0 Å². The average molecular weight is 326 g/mol. The van der Waals surface area contributed by atoms with Crippen LogP contribution in [-0.2, 0) is 6.61 Å². The first-order chi connectivity index (χ1) is 9.06. The van der Waals surface area contributed by atoms with Crippen molar-refractivity contribution in [2.24, 2.45) is 0 Å². The van der Waals surface area contributed by atoms with Crippen molar-refractivity contribution in [3.8, 4) is 5.75 Å². The SMILES string of the molecule is C[C@@H](O)c1cc(F)ccc1OCc1cncc(Br)c1. The van der Waals surface area contributed by atoms with Gasteiger partial charge in [-0.25, -0.2) is 4.39 Å². The number of benzene rings is 1. The minimum Gasteiger partial charge on any atom is -0.488 e. The third kappa shape index (κ3) is 3.75. The van der Waals surface area contributed by atoms with Crippen molar-refractivity contribution in [3.05, 3.63) is 58.1 Å². The number of aromatic nitrogens is 1. The third-order valence-corrected chi connectivity index (χ3v) is 3.01. The van der Waals surface area contributed by atoms with Gasteiger partial charge in [0.15, 0.2) is 0 Å². The topological polar surface area (TPSA) is 42.4 Å². The largest absolute Gasteiger partial charge is 0.488 e. The summed E-state index contributed by atoms with van der Waals surface area (Å²) in [7, 11) is 0. The van der Waals surface area contributed by atoms with Crippen LogP contribution in [0.4, 0.5) is 4.39 Å². The summed E-state index contributed by atoms with van der Waals surface area (Å²) in [6.07, 6.45) is 2.59. The fraction of sp³-hybridized carbons (Fsp3) is 0.214. The van der Waals surface area contributed by atoms with Crippen LogP contribution in [0.1, 0.15) is 24.2 Å². The Morgan fingerprint density at radius 2 is 2.16 bits per heavy atom. The maximum atomic E-state index is 13.1. The van der Waals surface area contributed by atoms with Gasteiger partial charge in [-0.05, 0) is 47.1 Å². The molecule has 1 N–H and O–H groups in total. The molecular formula is C14H13BrFNO2. The van der Waals surface area contributed by atoms with E-state index in [4.69, 9.17) is 4.74 Å². The monoisotopic (exact) mass is 325 g/mol. The van der Waals surface area contributed by atoms with E-state index in [1.54, 1.807) is 19.3 Å². The van der Waals surface area contributed by atoms with Gasteiger partial charge in [0, 0.05) is 28.0 Å². The molecule has 0 aliphatic carbocycles. The summed E-state index contributed by atoms with van der Waals surface area (Å²) in [4.78, 5) is 4.03. The van der Waals surface area contributed by atoms with Crippen LogP contribution in [0.2, 0.25) is 0 Å². The Labute approximate surface area is 119 Å². The second-order valence-electron chi connectivity index (χ2n) is 4.16. The second kappa shape index (κ2) is 6.12. The molecule has 19 heavy (non-hydrogen) atoms. The molecule has 0 fully saturated rings. The Morgan fingerprint density at radius 1 is 1.37 bits per heavy atom. The van der Waals surface area contributed by atoms with E-state index in [0.29, 0.717) is 17.9 Å². The van der Waals surface area contributed by atoms with Crippen molar-refractivity contribution in [2.45, 2.75) is 19.6 Å². The number of ether oxygens (including phenoxy) is 1.